The Morgan fingerprint density at radius 1 is 1.06 bits per heavy atom. The van der Waals surface area contributed by atoms with Gasteiger partial charge in [0.2, 0.25) is 10.0 Å². The maximum Gasteiger partial charge on any atom is 0.295 e. The number of nitro groups is 1. The lowest BCUT2D eigenvalue weighted by Crippen LogP contribution is -2.30. The van der Waals surface area contributed by atoms with E-state index in [1.165, 1.54) is 22.7 Å². The molecule has 11 heteroatoms. The predicted molar refractivity (Wildman–Crippen MR) is 126 cm³/mol. The van der Waals surface area contributed by atoms with Gasteiger partial charge >= 0.3 is 0 Å². The Morgan fingerprint density at radius 2 is 1.72 bits per heavy atom. The summed E-state index contributed by atoms with van der Waals surface area (Å²) in [5.74, 6) is 0.0233. The van der Waals surface area contributed by atoms with E-state index < -0.39 is 20.6 Å². The lowest BCUT2D eigenvalue weighted by molar-refractivity contribution is -0.384. The minimum atomic E-state index is -3.83. The molecule has 2 aromatic carbocycles. The summed E-state index contributed by atoms with van der Waals surface area (Å²) in [6, 6.07) is 8.79. The third-order valence-corrected chi connectivity index (χ3v) is 7.09. The van der Waals surface area contributed by atoms with Crippen LogP contribution in [0.5, 0.6) is 5.75 Å². The molecule has 0 aliphatic rings. The van der Waals surface area contributed by atoms with Crippen molar-refractivity contribution in [2.75, 3.05) is 36.5 Å². The van der Waals surface area contributed by atoms with Crippen LogP contribution < -0.4 is 10.3 Å². The summed E-state index contributed by atoms with van der Waals surface area (Å²) in [5, 5.41) is 25.8. The number of hydrazone groups is 1. The second-order valence-electron chi connectivity index (χ2n) is 6.81. The average molecular weight is 464 g/mol. The standard InChI is InChI=1S/C21H29N5O5S/c1-5-24(6-2)17-10-9-16(21(27)13-17)15-22-23-19-12-11-18(14-20(19)26(28)29)32(30,31)25(7-3)8-4/h9-15,23,27H,5-8H2,1-4H3/b22-15+. The fraction of sp³-hybridized carbons (Fsp3) is 0.381. The zero-order valence-corrected chi connectivity index (χ0v) is 19.5. The molecule has 0 fully saturated rings. The molecule has 0 unspecified atom stereocenters. The van der Waals surface area contributed by atoms with Gasteiger partial charge in [0.25, 0.3) is 5.69 Å². The highest BCUT2D eigenvalue weighted by Gasteiger charge is 2.25. The molecule has 0 aliphatic heterocycles. The van der Waals surface area contributed by atoms with Gasteiger partial charge in [-0.25, -0.2) is 8.42 Å². The quantitative estimate of drug-likeness (QED) is 0.296. The van der Waals surface area contributed by atoms with E-state index in [0.29, 0.717) is 5.56 Å². The fourth-order valence-electron chi connectivity index (χ4n) is 3.23. The Labute approximate surface area is 188 Å². The van der Waals surface area contributed by atoms with Crippen LogP contribution >= 0.6 is 0 Å². The van der Waals surface area contributed by atoms with Gasteiger partial charge in [-0.05, 0) is 38.1 Å². The van der Waals surface area contributed by atoms with Gasteiger partial charge in [-0.3, -0.25) is 15.5 Å². The smallest absolute Gasteiger partial charge is 0.295 e. The van der Waals surface area contributed by atoms with Gasteiger partial charge < -0.3 is 10.0 Å². The van der Waals surface area contributed by atoms with E-state index >= 15 is 0 Å². The Balaban J connectivity index is 2.28. The SMILES string of the molecule is CCN(CC)c1ccc(/C=N/Nc2ccc(S(=O)(=O)N(CC)CC)cc2[N+](=O)[O-])c(O)c1. The van der Waals surface area contributed by atoms with Gasteiger partial charge in [-0.15, -0.1) is 0 Å². The van der Waals surface area contributed by atoms with E-state index in [4.69, 9.17) is 0 Å². The molecule has 0 heterocycles. The van der Waals surface area contributed by atoms with Crippen molar-refractivity contribution in [3.8, 4) is 5.75 Å². The molecule has 2 N–H and O–H groups in total. The van der Waals surface area contributed by atoms with Crippen molar-refractivity contribution in [2.24, 2.45) is 5.10 Å². The Bertz CT molecular complexity index is 1080. The van der Waals surface area contributed by atoms with E-state index in [1.54, 1.807) is 26.0 Å². The first kappa shape index (κ1) is 25.1. The number of phenols is 1. The van der Waals surface area contributed by atoms with Crippen LogP contribution in [0.15, 0.2) is 46.4 Å². The van der Waals surface area contributed by atoms with Crippen molar-refractivity contribution < 1.29 is 18.4 Å². The molecule has 10 nitrogen and oxygen atoms in total. The lowest BCUT2D eigenvalue weighted by atomic mass is 10.2. The lowest BCUT2D eigenvalue weighted by Gasteiger charge is -2.21. The Kier molecular flexibility index (Phi) is 8.56. The fourth-order valence-corrected chi connectivity index (χ4v) is 4.71. The number of nitrogens with one attached hydrogen (secondary N) is 1. The maximum atomic E-state index is 12.7. The summed E-state index contributed by atoms with van der Waals surface area (Å²) in [7, 11) is -3.83. The second-order valence-corrected chi connectivity index (χ2v) is 8.75. The summed E-state index contributed by atoms with van der Waals surface area (Å²) < 4.78 is 26.5. The van der Waals surface area contributed by atoms with Gasteiger partial charge in [-0.1, -0.05) is 13.8 Å². The minimum Gasteiger partial charge on any atom is -0.507 e. The third-order valence-electron chi connectivity index (χ3n) is 5.04. The molecule has 0 atom stereocenters. The number of benzene rings is 2. The van der Waals surface area contributed by atoms with Crippen LogP contribution in [0.25, 0.3) is 0 Å². The number of rotatable bonds is 11. The molecule has 0 spiro atoms. The largest absolute Gasteiger partial charge is 0.507 e. The number of anilines is 2. The number of aromatic hydroxyl groups is 1. The van der Waals surface area contributed by atoms with E-state index in [2.05, 4.69) is 15.4 Å². The number of hydrogen-bond acceptors (Lipinski definition) is 8. The van der Waals surface area contributed by atoms with Gasteiger partial charge in [0.05, 0.1) is 16.0 Å². The van der Waals surface area contributed by atoms with Crippen LogP contribution in [0.3, 0.4) is 0 Å². The molecular weight excluding hydrogens is 434 g/mol. The van der Waals surface area contributed by atoms with Crippen LogP contribution in [-0.2, 0) is 10.0 Å². The highest BCUT2D eigenvalue weighted by atomic mass is 32.2. The van der Waals surface area contributed by atoms with Crippen molar-refractivity contribution in [1.82, 2.24) is 4.31 Å². The zero-order valence-electron chi connectivity index (χ0n) is 18.6. The molecule has 174 valence electrons. The molecule has 0 saturated carbocycles. The second kappa shape index (κ2) is 10.9. The number of nitro benzene ring substituents is 1. The normalized spacial score (nSPS) is 11.8. The Hall–Kier alpha value is -3.18. The van der Waals surface area contributed by atoms with Gasteiger partial charge in [0.15, 0.2) is 0 Å². The monoisotopic (exact) mass is 463 g/mol. The molecule has 0 bridgehead atoms. The number of nitrogens with zero attached hydrogens (tertiary/aromatic N) is 4. The van der Waals surface area contributed by atoms with Crippen LogP contribution in [0.1, 0.15) is 33.3 Å². The number of sulfonamides is 1. The van der Waals surface area contributed by atoms with Gasteiger partial charge in [0.1, 0.15) is 11.4 Å². The van der Waals surface area contributed by atoms with E-state index in [0.717, 1.165) is 24.8 Å². The highest BCUT2D eigenvalue weighted by Crippen LogP contribution is 2.29. The molecule has 0 radical (unpaired) electrons. The van der Waals surface area contributed by atoms with Crippen molar-refractivity contribution >= 4 is 33.3 Å². The first-order chi connectivity index (χ1) is 15.2. The molecule has 0 saturated heterocycles. The van der Waals surface area contributed by atoms with Crippen LogP contribution in [0.4, 0.5) is 17.1 Å². The van der Waals surface area contributed by atoms with E-state index in [9.17, 15) is 23.6 Å². The number of phenolic OH excluding ortho intramolecular Hbond substituents is 1. The summed E-state index contributed by atoms with van der Waals surface area (Å²) in [6.07, 6.45) is 1.34. The molecule has 32 heavy (non-hydrogen) atoms. The topological polar surface area (TPSA) is 128 Å². The van der Waals surface area contributed by atoms with Crippen molar-refractivity contribution in [1.29, 1.82) is 0 Å². The molecule has 0 aliphatic carbocycles. The van der Waals surface area contributed by atoms with Crippen LogP contribution in [-0.4, -0.2) is 55.1 Å². The first-order valence-corrected chi connectivity index (χ1v) is 11.8. The third kappa shape index (κ3) is 5.54. The maximum absolute atomic E-state index is 12.7. The first-order valence-electron chi connectivity index (χ1n) is 10.3. The predicted octanol–water partition coefficient (Wildman–Crippen LogP) is 3.62. The summed E-state index contributed by atoms with van der Waals surface area (Å²) in [4.78, 5) is 12.8. The van der Waals surface area contributed by atoms with E-state index in [1.807, 2.05) is 19.9 Å². The van der Waals surface area contributed by atoms with Crippen LogP contribution in [0, 0.1) is 10.1 Å². The van der Waals surface area contributed by atoms with Crippen molar-refractivity contribution in [3.63, 3.8) is 0 Å². The summed E-state index contributed by atoms with van der Waals surface area (Å²) >= 11 is 0. The molecule has 2 rings (SSSR count). The van der Waals surface area contributed by atoms with Gasteiger partial charge in [0, 0.05) is 49.6 Å². The van der Waals surface area contributed by atoms with E-state index in [-0.39, 0.29) is 29.4 Å². The summed E-state index contributed by atoms with van der Waals surface area (Å²) in [5.41, 5.74) is 3.48. The summed E-state index contributed by atoms with van der Waals surface area (Å²) in [6.45, 7) is 9.55. The van der Waals surface area contributed by atoms with Crippen LogP contribution in [0.2, 0.25) is 0 Å². The molecule has 0 amide bonds. The molecular formula is C21H29N5O5S. The van der Waals surface area contributed by atoms with Crippen molar-refractivity contribution in [3.05, 3.63) is 52.1 Å². The zero-order chi connectivity index (χ0) is 23.9. The van der Waals surface area contributed by atoms with Crippen molar-refractivity contribution in [2.45, 2.75) is 32.6 Å². The van der Waals surface area contributed by atoms with Gasteiger partial charge in [-0.2, -0.15) is 9.41 Å². The average Bonchev–Trinajstić information content (AvgIpc) is 2.76. The Morgan fingerprint density at radius 3 is 2.25 bits per heavy atom. The minimum absolute atomic E-state index is 0.0233. The molecule has 0 aromatic heterocycles. The molecule has 2 aromatic rings. The highest BCUT2D eigenvalue weighted by molar-refractivity contribution is 7.89. The number of hydrogen-bond donors (Lipinski definition) is 2.